The van der Waals surface area contributed by atoms with E-state index in [2.05, 4.69) is 41.4 Å². The second-order valence-corrected chi connectivity index (χ2v) is 7.10. The molecule has 0 saturated carbocycles. The summed E-state index contributed by atoms with van der Waals surface area (Å²) >= 11 is 0. The van der Waals surface area contributed by atoms with Crippen LogP contribution in [-0.4, -0.2) is 43.6 Å². The van der Waals surface area contributed by atoms with E-state index in [9.17, 15) is 4.79 Å². The van der Waals surface area contributed by atoms with Crippen LogP contribution in [0.5, 0.6) is 0 Å². The van der Waals surface area contributed by atoms with Gasteiger partial charge in [-0.3, -0.25) is 9.69 Å². The van der Waals surface area contributed by atoms with Crippen LogP contribution in [0.25, 0.3) is 0 Å². The molecule has 1 amide bonds. The molecule has 0 bridgehead atoms. The molecule has 4 nitrogen and oxygen atoms in total. The van der Waals surface area contributed by atoms with Crippen molar-refractivity contribution >= 4 is 5.91 Å². The fraction of sp³-hybridized carbons (Fsp3) is 0.409. The minimum absolute atomic E-state index is 0.0212. The summed E-state index contributed by atoms with van der Waals surface area (Å²) in [5.74, 6) is 0.0212. The summed E-state index contributed by atoms with van der Waals surface area (Å²) in [5, 5.41) is 3.08. The van der Waals surface area contributed by atoms with Crippen molar-refractivity contribution in [3.05, 3.63) is 70.3 Å². The maximum Gasteiger partial charge on any atom is 0.251 e. The molecule has 1 fully saturated rings. The Hall–Kier alpha value is -2.17. The molecule has 1 N–H and O–H groups in total. The van der Waals surface area contributed by atoms with Gasteiger partial charge in [-0.25, -0.2) is 0 Å². The Balaban J connectivity index is 1.52. The van der Waals surface area contributed by atoms with E-state index in [1.54, 1.807) is 0 Å². The third-order valence-corrected chi connectivity index (χ3v) is 4.94. The third-order valence-electron chi connectivity index (χ3n) is 4.94. The number of rotatable bonds is 5. The Bertz CT molecular complexity index is 735. The number of carbonyl (C=O) groups excluding carboxylic acids is 1. The van der Waals surface area contributed by atoms with Gasteiger partial charge < -0.3 is 10.1 Å². The highest BCUT2D eigenvalue weighted by atomic mass is 16.5. The largest absolute Gasteiger partial charge is 0.371 e. The first kappa shape index (κ1) is 18.6. The van der Waals surface area contributed by atoms with Crippen LogP contribution in [-0.2, 0) is 4.74 Å². The minimum Gasteiger partial charge on any atom is -0.371 e. The summed E-state index contributed by atoms with van der Waals surface area (Å²) in [5.41, 5.74) is 5.29. The van der Waals surface area contributed by atoms with E-state index in [4.69, 9.17) is 4.74 Å². The highest BCUT2D eigenvalue weighted by molar-refractivity contribution is 5.97. The van der Waals surface area contributed by atoms with Crippen LogP contribution in [0, 0.1) is 20.8 Å². The smallest absolute Gasteiger partial charge is 0.251 e. The van der Waals surface area contributed by atoms with Crippen LogP contribution < -0.4 is 5.32 Å². The SMILES string of the molecule is Cc1cc(C)c(C(=O)NCCN2CCOC(c3ccccc3)C2)c(C)c1. The zero-order valence-corrected chi connectivity index (χ0v) is 15.9. The summed E-state index contributed by atoms with van der Waals surface area (Å²) in [6, 6.07) is 14.5. The first-order chi connectivity index (χ1) is 12.5. The second kappa shape index (κ2) is 8.47. The summed E-state index contributed by atoms with van der Waals surface area (Å²) < 4.78 is 5.90. The molecule has 138 valence electrons. The van der Waals surface area contributed by atoms with Crippen molar-refractivity contribution in [2.75, 3.05) is 32.8 Å². The first-order valence-corrected chi connectivity index (χ1v) is 9.29. The molecule has 1 unspecified atom stereocenters. The third kappa shape index (κ3) is 4.51. The molecule has 1 atom stereocenters. The number of hydrogen-bond acceptors (Lipinski definition) is 3. The van der Waals surface area contributed by atoms with E-state index in [0.717, 1.165) is 42.9 Å². The molecule has 0 aliphatic carbocycles. The summed E-state index contributed by atoms with van der Waals surface area (Å²) in [6.45, 7) is 10.0. The van der Waals surface area contributed by atoms with Gasteiger partial charge in [0.25, 0.3) is 5.91 Å². The van der Waals surface area contributed by atoms with Gasteiger partial charge in [-0.1, -0.05) is 48.0 Å². The predicted octanol–water partition coefficient (Wildman–Crippen LogP) is 3.42. The molecule has 26 heavy (non-hydrogen) atoms. The van der Waals surface area contributed by atoms with Gasteiger partial charge in [0, 0.05) is 31.7 Å². The zero-order valence-electron chi connectivity index (χ0n) is 15.9. The van der Waals surface area contributed by atoms with Crippen LogP contribution in [0.2, 0.25) is 0 Å². The van der Waals surface area contributed by atoms with Crippen LogP contribution in [0.4, 0.5) is 0 Å². The first-order valence-electron chi connectivity index (χ1n) is 9.29. The van der Waals surface area contributed by atoms with Crippen molar-refractivity contribution in [1.82, 2.24) is 10.2 Å². The Morgan fingerprint density at radius 3 is 2.54 bits per heavy atom. The van der Waals surface area contributed by atoms with Crippen LogP contribution in [0.1, 0.15) is 38.7 Å². The number of aryl methyl sites for hydroxylation is 3. The molecule has 2 aromatic carbocycles. The summed E-state index contributed by atoms with van der Waals surface area (Å²) in [7, 11) is 0. The topological polar surface area (TPSA) is 41.6 Å². The molecule has 0 spiro atoms. The Morgan fingerprint density at radius 1 is 1.15 bits per heavy atom. The molecule has 0 radical (unpaired) electrons. The fourth-order valence-electron chi connectivity index (χ4n) is 3.73. The Morgan fingerprint density at radius 2 is 1.85 bits per heavy atom. The summed E-state index contributed by atoms with van der Waals surface area (Å²) in [4.78, 5) is 14.9. The minimum atomic E-state index is 0.0212. The van der Waals surface area contributed by atoms with Gasteiger partial charge >= 0.3 is 0 Å². The molecule has 4 heteroatoms. The van der Waals surface area contributed by atoms with E-state index in [-0.39, 0.29) is 12.0 Å². The van der Waals surface area contributed by atoms with Crippen molar-refractivity contribution in [3.63, 3.8) is 0 Å². The van der Waals surface area contributed by atoms with E-state index in [0.29, 0.717) is 6.54 Å². The average molecular weight is 352 g/mol. The molecule has 3 rings (SSSR count). The average Bonchev–Trinajstić information content (AvgIpc) is 2.62. The number of nitrogens with zero attached hydrogens (tertiary/aromatic N) is 1. The second-order valence-electron chi connectivity index (χ2n) is 7.10. The lowest BCUT2D eigenvalue weighted by atomic mass is 9.99. The Kier molecular flexibility index (Phi) is 6.07. The normalized spacial score (nSPS) is 17.9. The van der Waals surface area contributed by atoms with E-state index in [1.165, 1.54) is 11.1 Å². The fourth-order valence-corrected chi connectivity index (χ4v) is 3.73. The monoisotopic (exact) mass is 352 g/mol. The van der Waals surface area contributed by atoms with Crippen molar-refractivity contribution < 1.29 is 9.53 Å². The van der Waals surface area contributed by atoms with E-state index < -0.39 is 0 Å². The molecular weight excluding hydrogens is 324 g/mol. The molecule has 1 aliphatic heterocycles. The number of hydrogen-bond donors (Lipinski definition) is 1. The van der Waals surface area contributed by atoms with Crippen molar-refractivity contribution in [3.8, 4) is 0 Å². The van der Waals surface area contributed by atoms with Crippen LogP contribution in [0.3, 0.4) is 0 Å². The molecular formula is C22H28N2O2. The highest BCUT2D eigenvalue weighted by Crippen LogP contribution is 2.21. The lowest BCUT2D eigenvalue weighted by Crippen LogP contribution is -2.42. The molecule has 1 aliphatic rings. The highest BCUT2D eigenvalue weighted by Gasteiger charge is 2.21. The number of morpholine rings is 1. The molecule has 1 heterocycles. The van der Waals surface area contributed by atoms with Crippen molar-refractivity contribution in [2.24, 2.45) is 0 Å². The lowest BCUT2D eigenvalue weighted by molar-refractivity contribution is -0.0293. The van der Waals surface area contributed by atoms with Gasteiger partial charge in [-0.05, 0) is 37.5 Å². The standard InChI is InChI=1S/C22H28N2O2/c1-16-13-17(2)21(18(3)14-16)22(25)23-9-10-24-11-12-26-20(15-24)19-7-5-4-6-8-19/h4-8,13-14,20H,9-12,15H2,1-3H3,(H,23,25). The molecule has 1 saturated heterocycles. The van der Waals surface area contributed by atoms with Crippen molar-refractivity contribution in [2.45, 2.75) is 26.9 Å². The number of nitrogens with one attached hydrogen (secondary N) is 1. The van der Waals surface area contributed by atoms with Gasteiger partial charge in [-0.2, -0.15) is 0 Å². The lowest BCUT2D eigenvalue weighted by Gasteiger charge is -2.33. The predicted molar refractivity (Wildman–Crippen MR) is 105 cm³/mol. The quantitative estimate of drug-likeness (QED) is 0.896. The van der Waals surface area contributed by atoms with Gasteiger partial charge in [0.15, 0.2) is 0 Å². The van der Waals surface area contributed by atoms with Gasteiger partial charge in [-0.15, -0.1) is 0 Å². The molecule has 2 aromatic rings. The maximum atomic E-state index is 12.6. The number of carbonyl (C=O) groups is 1. The van der Waals surface area contributed by atoms with E-state index in [1.807, 2.05) is 32.0 Å². The number of amides is 1. The van der Waals surface area contributed by atoms with E-state index >= 15 is 0 Å². The van der Waals surface area contributed by atoms with Gasteiger partial charge in [0.2, 0.25) is 0 Å². The number of ether oxygens (including phenoxy) is 1. The Labute approximate surface area is 156 Å². The molecule has 0 aromatic heterocycles. The van der Waals surface area contributed by atoms with Gasteiger partial charge in [0.05, 0.1) is 12.7 Å². The van der Waals surface area contributed by atoms with Crippen LogP contribution >= 0.6 is 0 Å². The summed E-state index contributed by atoms with van der Waals surface area (Å²) in [6.07, 6.45) is 0.113. The number of benzene rings is 2. The van der Waals surface area contributed by atoms with Crippen molar-refractivity contribution in [1.29, 1.82) is 0 Å². The van der Waals surface area contributed by atoms with Gasteiger partial charge in [0.1, 0.15) is 0 Å². The van der Waals surface area contributed by atoms with Crippen LogP contribution in [0.15, 0.2) is 42.5 Å². The zero-order chi connectivity index (χ0) is 18.5. The maximum absolute atomic E-state index is 12.6.